The van der Waals surface area contributed by atoms with Crippen molar-refractivity contribution >= 4 is 37.7 Å². The Labute approximate surface area is 87.3 Å². The zero-order valence-corrected chi connectivity index (χ0v) is 11.6. The summed E-state index contributed by atoms with van der Waals surface area (Å²) < 4.78 is 5.67. The van der Waals surface area contributed by atoms with Gasteiger partial charge < -0.3 is 0 Å². The third kappa shape index (κ3) is 3.52. The predicted octanol–water partition coefficient (Wildman–Crippen LogP) is 4.45. The fraction of sp³-hybridized carbons (Fsp3) is 1.00. The average Bonchev–Trinajstić information content (AvgIpc) is 1.85. The first-order chi connectivity index (χ1) is 5.09. The van der Waals surface area contributed by atoms with Gasteiger partial charge in [-0.2, -0.15) is 0 Å². The van der Waals surface area contributed by atoms with Gasteiger partial charge in [0, 0.05) is 0 Å². The van der Waals surface area contributed by atoms with Gasteiger partial charge in [-0.3, -0.25) is 0 Å². The maximum atomic E-state index is 5.99. The van der Waals surface area contributed by atoms with Crippen molar-refractivity contribution in [3.05, 3.63) is 0 Å². The van der Waals surface area contributed by atoms with Crippen LogP contribution in [0.2, 0.25) is 4.31 Å². The molecule has 2 N–H and O–H groups in total. The molecule has 1 saturated carbocycles. The fourth-order valence-electron chi connectivity index (χ4n) is 1.56. The SMILES string of the molecule is [NH2][Mo]([Cl])([Cl])([Cl])([Cl])[CH]1CCCCC1. The van der Waals surface area contributed by atoms with Crippen molar-refractivity contribution in [2.75, 3.05) is 0 Å². The Bertz CT molecular complexity index is 177. The second kappa shape index (κ2) is 2.90. The van der Waals surface area contributed by atoms with Crippen LogP contribution in [0.3, 0.4) is 0 Å². The molecule has 0 heterocycles. The number of rotatable bonds is 1. The average molecular weight is 337 g/mol. The molecular formula is C6H13Cl4MoN. The van der Waals surface area contributed by atoms with E-state index < -0.39 is 9.64 Å². The van der Waals surface area contributed by atoms with Gasteiger partial charge in [0.1, 0.15) is 0 Å². The van der Waals surface area contributed by atoms with Gasteiger partial charge in [-0.1, -0.05) is 0 Å². The van der Waals surface area contributed by atoms with E-state index in [9.17, 15) is 0 Å². The molecular weight excluding hydrogens is 324 g/mol. The summed E-state index contributed by atoms with van der Waals surface area (Å²) in [6.45, 7) is 0. The Morgan fingerprint density at radius 1 is 0.917 bits per heavy atom. The van der Waals surface area contributed by atoms with E-state index >= 15 is 0 Å². The second-order valence-corrected chi connectivity index (χ2v) is 36.0. The normalized spacial score (nSPS) is 27.8. The number of hydrogen-bond donors (Lipinski definition) is 1. The van der Waals surface area contributed by atoms with Crippen LogP contribution in [0.5, 0.6) is 0 Å². The molecule has 1 fully saturated rings. The quantitative estimate of drug-likeness (QED) is 0.703. The van der Waals surface area contributed by atoms with Crippen LogP contribution in [0.4, 0.5) is 0 Å². The number of hydrogen-bond acceptors (Lipinski definition) is 1. The fourth-order valence-corrected chi connectivity index (χ4v) is 9.01. The van der Waals surface area contributed by atoms with Gasteiger partial charge in [-0.05, 0) is 0 Å². The second-order valence-electron chi connectivity index (χ2n) is 3.46. The zero-order chi connectivity index (χ0) is 9.52. The first-order valence-corrected chi connectivity index (χ1v) is 16.6. The van der Waals surface area contributed by atoms with Gasteiger partial charge in [-0.15, -0.1) is 0 Å². The molecule has 0 aromatic carbocycles. The van der Waals surface area contributed by atoms with Crippen LogP contribution in [0.25, 0.3) is 0 Å². The van der Waals surface area contributed by atoms with Crippen molar-refractivity contribution in [1.82, 2.24) is 0 Å². The van der Waals surface area contributed by atoms with Crippen molar-refractivity contribution in [3.8, 4) is 0 Å². The molecule has 0 bridgehead atoms. The zero-order valence-electron chi connectivity index (χ0n) is 6.61. The summed E-state index contributed by atoms with van der Waals surface area (Å²) in [4.78, 5) is 0. The molecule has 0 spiro atoms. The molecule has 0 aromatic rings. The summed E-state index contributed by atoms with van der Waals surface area (Å²) in [6.07, 6.45) is 5.07. The molecule has 6 heteroatoms. The van der Waals surface area contributed by atoms with Gasteiger partial charge in [0.25, 0.3) is 0 Å². The molecule has 0 saturated heterocycles. The van der Waals surface area contributed by atoms with E-state index in [0.717, 1.165) is 25.7 Å². The van der Waals surface area contributed by atoms with E-state index in [1.807, 2.05) is 0 Å². The van der Waals surface area contributed by atoms with Crippen LogP contribution < -0.4 is 4.29 Å². The summed E-state index contributed by atoms with van der Waals surface area (Å²) in [6, 6.07) is 0. The van der Waals surface area contributed by atoms with E-state index in [1.54, 1.807) is 0 Å². The molecule has 0 unspecified atom stereocenters. The molecule has 0 aromatic heterocycles. The Morgan fingerprint density at radius 3 is 1.58 bits per heavy atom. The van der Waals surface area contributed by atoms with E-state index in [4.69, 9.17) is 42.0 Å². The molecule has 1 aliphatic carbocycles. The minimum absolute atomic E-state index is 0.0767. The molecule has 12 heavy (non-hydrogen) atoms. The summed E-state index contributed by atoms with van der Waals surface area (Å²) >= 11 is 0. The van der Waals surface area contributed by atoms with E-state index in [-0.39, 0.29) is 4.31 Å². The van der Waals surface area contributed by atoms with Crippen LogP contribution in [-0.2, 0) is 9.64 Å². The molecule has 0 atom stereocenters. The van der Waals surface area contributed by atoms with Crippen molar-refractivity contribution < 1.29 is 9.64 Å². The molecule has 1 aliphatic rings. The minimum atomic E-state index is -5.08. The molecule has 0 radical (unpaired) electrons. The predicted molar refractivity (Wildman–Crippen MR) is 54.4 cm³/mol. The van der Waals surface area contributed by atoms with Crippen LogP contribution in [0.15, 0.2) is 0 Å². The number of halogens is 4. The van der Waals surface area contributed by atoms with Crippen molar-refractivity contribution in [2.45, 2.75) is 36.4 Å². The van der Waals surface area contributed by atoms with Gasteiger partial charge in [-0.25, -0.2) is 0 Å². The van der Waals surface area contributed by atoms with E-state index in [2.05, 4.69) is 0 Å². The molecule has 1 nitrogen and oxygen atoms in total. The molecule has 1 rings (SSSR count). The topological polar surface area (TPSA) is 26.0 Å². The summed E-state index contributed by atoms with van der Waals surface area (Å²) in [5.74, 6) is 0. The van der Waals surface area contributed by atoms with E-state index in [1.165, 1.54) is 6.42 Å². The first kappa shape index (κ1) is 11.9. The van der Waals surface area contributed by atoms with Gasteiger partial charge in [0.2, 0.25) is 0 Å². The Balaban J connectivity index is 2.81. The Hall–Kier alpha value is 1.81. The monoisotopic (exact) mass is 337 g/mol. The maximum absolute atomic E-state index is 5.99. The molecule has 0 amide bonds. The number of nitrogens with two attached hydrogens (primary N) is 1. The van der Waals surface area contributed by atoms with Crippen LogP contribution in [0, 0.1) is 0 Å². The van der Waals surface area contributed by atoms with Crippen molar-refractivity contribution in [1.29, 1.82) is 0 Å². The van der Waals surface area contributed by atoms with Gasteiger partial charge in [0.05, 0.1) is 0 Å². The van der Waals surface area contributed by atoms with Gasteiger partial charge >= 0.3 is 88.0 Å². The third-order valence-corrected chi connectivity index (χ3v) is 12.8. The summed E-state index contributed by atoms with van der Waals surface area (Å²) in [5, 5.41) is 0. The first-order valence-electron chi connectivity index (χ1n) is 3.91. The van der Waals surface area contributed by atoms with Gasteiger partial charge in [0.15, 0.2) is 0 Å². The van der Waals surface area contributed by atoms with Crippen LogP contribution in [-0.4, -0.2) is 0 Å². The molecule has 76 valence electrons. The summed E-state index contributed by atoms with van der Waals surface area (Å²) in [5.41, 5.74) is 0. The van der Waals surface area contributed by atoms with E-state index in [0.29, 0.717) is 0 Å². The summed E-state index contributed by atoms with van der Waals surface area (Å²) in [7, 11) is 18.9. The van der Waals surface area contributed by atoms with Crippen LogP contribution in [0.1, 0.15) is 32.1 Å². The van der Waals surface area contributed by atoms with Crippen LogP contribution >= 0.6 is 37.7 Å². The Kier molecular flexibility index (Phi) is 2.87. The third-order valence-electron chi connectivity index (χ3n) is 2.25. The van der Waals surface area contributed by atoms with Crippen molar-refractivity contribution in [3.63, 3.8) is 0 Å². The Morgan fingerprint density at radius 2 is 1.33 bits per heavy atom. The molecule has 0 aliphatic heterocycles. The standard InChI is InChI=1S/C6H11.4ClH.Mo.H2N/c1-2-4-6-5-3-1;;;;;;/h1H,2-6H2;4*1H;;1H2/q;;;;;+5;-1/p-4. The van der Waals surface area contributed by atoms with Crippen molar-refractivity contribution in [2.24, 2.45) is 4.29 Å².